The van der Waals surface area contributed by atoms with Gasteiger partial charge in [0.1, 0.15) is 5.03 Å². The molecular weight excluding hydrogens is 278 g/mol. The highest BCUT2D eigenvalue weighted by Gasteiger charge is 2.12. The van der Waals surface area contributed by atoms with E-state index in [9.17, 15) is 8.78 Å². The Morgan fingerprint density at radius 2 is 2.00 bits per heavy atom. The van der Waals surface area contributed by atoms with Gasteiger partial charge in [-0.05, 0) is 19.4 Å². The second kappa shape index (κ2) is 6.70. The van der Waals surface area contributed by atoms with E-state index in [4.69, 9.17) is 0 Å². The quantitative estimate of drug-likeness (QED) is 0.828. The highest BCUT2D eigenvalue weighted by Crippen LogP contribution is 2.26. The zero-order valence-corrected chi connectivity index (χ0v) is 12.2. The van der Waals surface area contributed by atoms with Gasteiger partial charge in [0, 0.05) is 18.4 Å². The molecule has 0 fully saturated rings. The molecule has 2 aromatic rings. The van der Waals surface area contributed by atoms with Crippen molar-refractivity contribution in [2.75, 3.05) is 11.9 Å². The van der Waals surface area contributed by atoms with Crippen molar-refractivity contribution in [2.24, 2.45) is 0 Å². The molecule has 1 aromatic heterocycles. The Morgan fingerprint density at radius 1 is 1.20 bits per heavy atom. The van der Waals surface area contributed by atoms with Gasteiger partial charge >= 0.3 is 0 Å². The topological polar surface area (TPSA) is 24.9 Å². The molecule has 0 unspecified atom stereocenters. The van der Waals surface area contributed by atoms with E-state index in [0.717, 1.165) is 17.2 Å². The lowest BCUT2D eigenvalue weighted by Gasteiger charge is -2.08. The van der Waals surface area contributed by atoms with Gasteiger partial charge in [0.2, 0.25) is 0 Å². The van der Waals surface area contributed by atoms with E-state index in [0.29, 0.717) is 12.3 Å². The molecule has 106 valence electrons. The minimum absolute atomic E-state index is 0.0978. The number of hydrogen-bond donors (Lipinski definition) is 1. The summed E-state index contributed by atoms with van der Waals surface area (Å²) >= 11 is 1.26. The Morgan fingerprint density at radius 3 is 2.70 bits per heavy atom. The molecule has 0 atom stereocenters. The van der Waals surface area contributed by atoms with Gasteiger partial charge in [-0.15, -0.1) is 0 Å². The molecule has 1 heterocycles. The number of thioether (sulfide) groups is 1. The van der Waals surface area contributed by atoms with Gasteiger partial charge in [0.25, 0.3) is 0 Å². The Labute approximate surface area is 121 Å². The largest absolute Gasteiger partial charge is 0.368 e. The number of aromatic nitrogens is 1. The number of pyridine rings is 1. The minimum Gasteiger partial charge on any atom is -0.368 e. The van der Waals surface area contributed by atoms with Crippen LogP contribution >= 0.6 is 11.8 Å². The van der Waals surface area contributed by atoms with Crippen LogP contribution in [0.3, 0.4) is 0 Å². The Hall–Kier alpha value is -1.62. The van der Waals surface area contributed by atoms with Crippen molar-refractivity contribution in [1.82, 2.24) is 4.98 Å². The van der Waals surface area contributed by atoms with Crippen molar-refractivity contribution in [3.05, 3.63) is 53.1 Å². The highest BCUT2D eigenvalue weighted by atomic mass is 32.2. The second-order valence-electron chi connectivity index (χ2n) is 4.41. The average Bonchev–Trinajstić information content (AvgIpc) is 2.41. The van der Waals surface area contributed by atoms with E-state index < -0.39 is 11.6 Å². The first-order valence-electron chi connectivity index (χ1n) is 6.38. The summed E-state index contributed by atoms with van der Waals surface area (Å²) in [6.45, 7) is 4.38. The first kappa shape index (κ1) is 14.8. The van der Waals surface area contributed by atoms with Crippen molar-refractivity contribution in [1.29, 1.82) is 0 Å². The summed E-state index contributed by atoms with van der Waals surface area (Å²) in [6, 6.07) is 8.87. The second-order valence-corrected chi connectivity index (χ2v) is 5.38. The van der Waals surface area contributed by atoms with Gasteiger partial charge in [-0.3, -0.25) is 0 Å². The van der Waals surface area contributed by atoms with Gasteiger partial charge in [-0.25, -0.2) is 13.8 Å². The molecule has 0 amide bonds. The molecule has 5 heteroatoms. The molecule has 2 rings (SSSR count). The number of nitrogens with zero attached hydrogens (tertiary/aromatic N) is 1. The van der Waals surface area contributed by atoms with E-state index in [2.05, 4.69) is 10.3 Å². The number of aryl methyl sites for hydroxylation is 1. The molecular formula is C15H16F2N2S. The van der Waals surface area contributed by atoms with E-state index >= 15 is 0 Å². The lowest BCUT2D eigenvalue weighted by Crippen LogP contribution is -2.04. The van der Waals surface area contributed by atoms with Crippen molar-refractivity contribution >= 4 is 17.6 Å². The van der Waals surface area contributed by atoms with Crippen LogP contribution in [0, 0.1) is 18.6 Å². The Bertz CT molecular complexity index is 602. The summed E-state index contributed by atoms with van der Waals surface area (Å²) < 4.78 is 27.2. The van der Waals surface area contributed by atoms with E-state index in [1.807, 2.05) is 38.1 Å². The summed E-state index contributed by atoms with van der Waals surface area (Å²) in [5.41, 5.74) is 2.24. The normalized spacial score (nSPS) is 10.6. The van der Waals surface area contributed by atoms with Crippen LogP contribution in [0.2, 0.25) is 0 Å². The fourth-order valence-corrected chi connectivity index (χ4v) is 2.63. The SMILES string of the molecule is CCNc1nc(SCc2cccc(C)c2)c(F)cc1F. The molecule has 0 aliphatic heterocycles. The van der Waals surface area contributed by atoms with Crippen LogP contribution in [0.5, 0.6) is 0 Å². The molecule has 20 heavy (non-hydrogen) atoms. The van der Waals surface area contributed by atoms with Crippen molar-refractivity contribution < 1.29 is 8.78 Å². The van der Waals surface area contributed by atoms with Crippen LogP contribution in [-0.2, 0) is 5.75 Å². The lowest BCUT2D eigenvalue weighted by atomic mass is 10.2. The zero-order valence-electron chi connectivity index (χ0n) is 11.4. The molecule has 2 nitrogen and oxygen atoms in total. The number of hydrogen-bond acceptors (Lipinski definition) is 3. The molecule has 1 aromatic carbocycles. The maximum absolute atomic E-state index is 13.7. The number of rotatable bonds is 5. The predicted octanol–water partition coefficient (Wildman–Crippen LogP) is 4.39. The molecule has 0 saturated carbocycles. The van der Waals surface area contributed by atoms with Gasteiger partial charge in [-0.2, -0.15) is 0 Å². The fraction of sp³-hybridized carbons (Fsp3) is 0.267. The zero-order chi connectivity index (χ0) is 14.5. The number of benzene rings is 1. The van der Waals surface area contributed by atoms with Crippen LogP contribution in [0.15, 0.2) is 35.4 Å². The van der Waals surface area contributed by atoms with Crippen LogP contribution in [0.1, 0.15) is 18.1 Å². The van der Waals surface area contributed by atoms with Crippen LogP contribution in [0.25, 0.3) is 0 Å². The molecule has 0 aliphatic rings. The highest BCUT2D eigenvalue weighted by molar-refractivity contribution is 7.98. The molecule has 0 aliphatic carbocycles. The van der Waals surface area contributed by atoms with E-state index in [1.54, 1.807) is 0 Å². The molecule has 0 spiro atoms. The first-order valence-corrected chi connectivity index (χ1v) is 7.37. The number of anilines is 1. The molecule has 0 bridgehead atoms. The standard InChI is InChI=1S/C15H16F2N2S/c1-3-18-14-12(16)8-13(17)15(19-14)20-9-11-6-4-5-10(2)7-11/h4-8H,3,9H2,1-2H3,(H,18,19). The third-order valence-electron chi connectivity index (χ3n) is 2.70. The summed E-state index contributed by atoms with van der Waals surface area (Å²) in [4.78, 5) is 4.00. The van der Waals surface area contributed by atoms with Crippen molar-refractivity contribution in [2.45, 2.75) is 24.6 Å². The summed E-state index contributed by atoms with van der Waals surface area (Å²) in [5, 5.41) is 3.00. The van der Waals surface area contributed by atoms with Gasteiger partial charge < -0.3 is 5.32 Å². The monoisotopic (exact) mass is 294 g/mol. The summed E-state index contributed by atoms with van der Waals surface area (Å²) in [7, 11) is 0. The van der Waals surface area contributed by atoms with Crippen LogP contribution < -0.4 is 5.32 Å². The van der Waals surface area contributed by atoms with Crippen LogP contribution in [0.4, 0.5) is 14.6 Å². The first-order chi connectivity index (χ1) is 9.60. The van der Waals surface area contributed by atoms with Gasteiger partial charge in [-0.1, -0.05) is 41.6 Å². The number of nitrogens with one attached hydrogen (secondary N) is 1. The Balaban J connectivity index is 2.14. The third-order valence-corrected chi connectivity index (χ3v) is 3.74. The minimum atomic E-state index is -0.663. The maximum Gasteiger partial charge on any atom is 0.168 e. The van der Waals surface area contributed by atoms with Gasteiger partial charge in [0.05, 0.1) is 0 Å². The average molecular weight is 294 g/mol. The molecule has 1 N–H and O–H groups in total. The summed E-state index contributed by atoms with van der Waals surface area (Å²) in [5.74, 6) is -0.588. The van der Waals surface area contributed by atoms with Crippen molar-refractivity contribution in [3.8, 4) is 0 Å². The fourth-order valence-electron chi connectivity index (χ4n) is 1.80. The van der Waals surface area contributed by atoms with Gasteiger partial charge in [0.15, 0.2) is 17.5 Å². The van der Waals surface area contributed by atoms with Crippen molar-refractivity contribution in [3.63, 3.8) is 0 Å². The maximum atomic E-state index is 13.7. The van der Waals surface area contributed by atoms with Crippen LogP contribution in [-0.4, -0.2) is 11.5 Å². The predicted molar refractivity (Wildman–Crippen MR) is 79.1 cm³/mol. The van der Waals surface area contributed by atoms with E-state index in [1.165, 1.54) is 11.8 Å². The lowest BCUT2D eigenvalue weighted by molar-refractivity contribution is 0.551. The van der Waals surface area contributed by atoms with E-state index in [-0.39, 0.29) is 10.8 Å². The Kier molecular flexibility index (Phi) is 4.95. The molecule has 0 saturated heterocycles. The molecule has 0 radical (unpaired) electrons. The smallest absolute Gasteiger partial charge is 0.168 e. The summed E-state index contributed by atoms with van der Waals surface area (Å²) in [6.07, 6.45) is 0. The third kappa shape index (κ3) is 3.70. The number of halogens is 2.